The lowest BCUT2D eigenvalue weighted by Gasteiger charge is -2.14. The first kappa shape index (κ1) is 15.1. The van der Waals surface area contributed by atoms with E-state index in [4.69, 9.17) is 10.5 Å². The van der Waals surface area contributed by atoms with Crippen molar-refractivity contribution in [1.29, 1.82) is 10.5 Å². The van der Waals surface area contributed by atoms with Gasteiger partial charge in [0.05, 0.1) is 0 Å². The highest BCUT2D eigenvalue weighted by molar-refractivity contribution is 5.50. The molecule has 0 atom stereocenters. The first-order chi connectivity index (χ1) is 11.0. The highest BCUT2D eigenvalue weighted by Gasteiger charge is 2.36. The van der Waals surface area contributed by atoms with Gasteiger partial charge in [0.2, 0.25) is 18.1 Å². The summed E-state index contributed by atoms with van der Waals surface area (Å²) >= 11 is 0. The number of nitrogens with zero attached hydrogens (tertiary/aromatic N) is 10. The summed E-state index contributed by atoms with van der Waals surface area (Å²) in [5.74, 6) is -1.33. The summed E-state index contributed by atoms with van der Waals surface area (Å²) in [5, 5.41) is 50.2. The first-order valence-corrected chi connectivity index (χ1v) is 5.28. The molecular weight excluding hydrogens is 320 g/mol. The normalized spacial score (nSPS) is 9.65. The molecule has 23 heavy (non-hydrogen) atoms. The van der Waals surface area contributed by atoms with E-state index < -0.39 is 39.8 Å². The van der Waals surface area contributed by atoms with Crippen molar-refractivity contribution >= 4 is 11.6 Å². The molecule has 16 nitrogen and oxygen atoms in total. The minimum absolute atomic E-state index is 0.105. The molecule has 0 bridgehead atoms. The Morgan fingerprint density at radius 1 is 0.913 bits per heavy atom. The number of hydrogen-bond donors (Lipinski definition) is 0. The molecule has 2 rings (SSSR count). The van der Waals surface area contributed by atoms with E-state index >= 15 is 0 Å². The van der Waals surface area contributed by atoms with Crippen LogP contribution in [0.3, 0.4) is 0 Å². The predicted octanol–water partition coefficient (Wildman–Crippen LogP) is -1.15. The van der Waals surface area contributed by atoms with Crippen LogP contribution in [0.4, 0.5) is 11.6 Å². The molecule has 0 aliphatic rings. The van der Waals surface area contributed by atoms with Gasteiger partial charge in [0.15, 0.2) is 10.1 Å². The van der Waals surface area contributed by atoms with Gasteiger partial charge in [-0.15, -0.1) is 0 Å². The third kappa shape index (κ3) is 2.75. The van der Waals surface area contributed by atoms with Crippen LogP contribution < -0.4 is 10.0 Å². The zero-order valence-corrected chi connectivity index (χ0v) is 10.6. The summed E-state index contributed by atoms with van der Waals surface area (Å²) in [6.45, 7) is -1.09. The van der Waals surface area contributed by atoms with Crippen LogP contribution >= 0.6 is 0 Å². The fraction of sp³-hybridized carbons (Fsp3) is 0.143. The minimum atomic E-state index is -1.09. The third-order valence-corrected chi connectivity index (χ3v) is 2.31. The molecule has 2 aromatic rings. The zero-order valence-electron chi connectivity index (χ0n) is 10.6. The summed E-state index contributed by atoms with van der Waals surface area (Å²) < 4.78 is 8.38. The van der Waals surface area contributed by atoms with Crippen molar-refractivity contribution in [3.63, 3.8) is 0 Å². The van der Waals surface area contributed by atoms with Crippen molar-refractivity contribution in [3.8, 4) is 12.1 Å². The molecule has 0 unspecified atom stereocenters. The van der Waals surface area contributed by atoms with Crippen LogP contribution in [-0.4, -0.2) is 37.4 Å². The smallest absolute Gasteiger partial charge is 0.241 e. The standard InChI is InChI=1S/C7H2N10O6/c8-1-4-6(12-22-10-4)14(16(18)19)3-15(17(20)21)7-5(2-9)11-23-13-7/h3H2. The highest BCUT2D eigenvalue weighted by Crippen LogP contribution is 2.20. The van der Waals surface area contributed by atoms with Crippen LogP contribution in [0, 0.1) is 42.9 Å². The summed E-state index contributed by atoms with van der Waals surface area (Å²) in [6, 6.07) is 2.94. The molecule has 0 saturated heterocycles. The Morgan fingerprint density at radius 3 is 1.61 bits per heavy atom. The van der Waals surface area contributed by atoms with Crippen LogP contribution in [0.2, 0.25) is 0 Å². The average molecular weight is 322 g/mol. The van der Waals surface area contributed by atoms with E-state index in [0.717, 1.165) is 0 Å². The van der Waals surface area contributed by atoms with E-state index in [0.29, 0.717) is 0 Å². The fourth-order valence-corrected chi connectivity index (χ4v) is 1.37. The number of hydrogen-bond acceptors (Lipinski definition) is 12. The number of nitro groups is 2. The fourth-order valence-electron chi connectivity index (χ4n) is 1.37. The largest absolute Gasteiger partial charge is 0.277 e. The second-order valence-corrected chi connectivity index (χ2v) is 3.51. The van der Waals surface area contributed by atoms with E-state index in [1.54, 1.807) is 0 Å². The maximum atomic E-state index is 11.1. The van der Waals surface area contributed by atoms with Gasteiger partial charge < -0.3 is 0 Å². The van der Waals surface area contributed by atoms with E-state index in [9.17, 15) is 20.2 Å². The molecule has 0 spiro atoms. The molecule has 0 aromatic carbocycles. The van der Waals surface area contributed by atoms with Crippen LogP contribution in [0.25, 0.3) is 0 Å². The third-order valence-electron chi connectivity index (χ3n) is 2.31. The summed E-state index contributed by atoms with van der Waals surface area (Å²) in [7, 11) is 0. The summed E-state index contributed by atoms with van der Waals surface area (Å²) in [4.78, 5) is 22.2. The Balaban J connectivity index is 2.42. The number of aromatic nitrogens is 4. The predicted molar refractivity (Wildman–Crippen MR) is 61.8 cm³/mol. The minimum Gasteiger partial charge on any atom is -0.241 e. The van der Waals surface area contributed by atoms with Crippen LogP contribution in [-0.2, 0) is 0 Å². The SMILES string of the molecule is N#Cc1nonc1N(CN(c1nonc1C#N)[N+](=O)[O-])[N+](=O)[O-]. The van der Waals surface area contributed by atoms with Gasteiger partial charge in [-0.3, -0.25) is 0 Å². The second-order valence-electron chi connectivity index (χ2n) is 3.51. The van der Waals surface area contributed by atoms with E-state index in [1.165, 1.54) is 12.1 Å². The first-order valence-electron chi connectivity index (χ1n) is 5.28. The van der Waals surface area contributed by atoms with Gasteiger partial charge >= 0.3 is 0 Å². The molecule has 0 aliphatic carbocycles. The number of rotatable bonds is 6. The van der Waals surface area contributed by atoms with Gasteiger partial charge in [0.25, 0.3) is 11.6 Å². The lowest BCUT2D eigenvalue weighted by atomic mass is 10.4. The Morgan fingerprint density at radius 2 is 1.30 bits per heavy atom. The van der Waals surface area contributed by atoms with Crippen LogP contribution in [0.15, 0.2) is 9.26 Å². The molecule has 16 heteroatoms. The Hall–Kier alpha value is -4.34. The molecular formula is C7H2N10O6. The molecule has 2 aromatic heterocycles. The van der Waals surface area contributed by atoms with Crippen molar-refractivity contribution in [2.24, 2.45) is 0 Å². The molecule has 2 heterocycles. The van der Waals surface area contributed by atoms with Crippen molar-refractivity contribution in [3.05, 3.63) is 31.6 Å². The average Bonchev–Trinajstić information content (AvgIpc) is 3.15. The molecule has 0 aliphatic heterocycles. The lowest BCUT2D eigenvalue weighted by Crippen LogP contribution is -2.45. The van der Waals surface area contributed by atoms with Crippen LogP contribution in [0.1, 0.15) is 11.4 Å². The topological polar surface area (TPSA) is 218 Å². The maximum absolute atomic E-state index is 11.1. The molecule has 116 valence electrons. The van der Waals surface area contributed by atoms with E-state index in [-0.39, 0.29) is 10.0 Å². The molecule has 0 N–H and O–H groups in total. The molecule has 0 radical (unpaired) electrons. The Bertz CT molecular complexity index is 759. The molecule has 0 saturated carbocycles. The second kappa shape index (κ2) is 5.97. The highest BCUT2D eigenvalue weighted by atomic mass is 16.7. The van der Waals surface area contributed by atoms with Crippen molar-refractivity contribution in [1.82, 2.24) is 20.6 Å². The maximum Gasteiger partial charge on any atom is 0.277 e. The summed E-state index contributed by atoms with van der Waals surface area (Å²) in [6.07, 6.45) is 0. The summed E-state index contributed by atoms with van der Waals surface area (Å²) in [5.41, 5.74) is -1.13. The van der Waals surface area contributed by atoms with Gasteiger partial charge in [-0.2, -0.15) is 10.5 Å². The van der Waals surface area contributed by atoms with Crippen molar-refractivity contribution in [2.75, 3.05) is 16.7 Å². The zero-order chi connectivity index (χ0) is 17.0. The Kier molecular flexibility index (Phi) is 3.91. The van der Waals surface area contributed by atoms with Gasteiger partial charge in [-0.25, -0.2) is 29.5 Å². The lowest BCUT2D eigenvalue weighted by molar-refractivity contribution is -0.525. The van der Waals surface area contributed by atoms with Crippen molar-refractivity contribution < 1.29 is 19.3 Å². The number of nitriles is 2. The Labute approximate surface area is 123 Å². The molecule has 0 fully saturated rings. The van der Waals surface area contributed by atoms with Gasteiger partial charge in [-0.05, 0) is 30.6 Å². The van der Waals surface area contributed by atoms with E-state index in [1.807, 2.05) is 0 Å². The van der Waals surface area contributed by atoms with Gasteiger partial charge in [0.1, 0.15) is 12.1 Å². The van der Waals surface area contributed by atoms with E-state index in [2.05, 4.69) is 29.9 Å². The van der Waals surface area contributed by atoms with Crippen molar-refractivity contribution in [2.45, 2.75) is 0 Å². The molecule has 0 amide bonds. The quantitative estimate of drug-likeness (QED) is 0.348. The monoisotopic (exact) mass is 322 g/mol. The number of hydrazine groups is 2. The van der Waals surface area contributed by atoms with Gasteiger partial charge in [-0.1, -0.05) is 0 Å². The van der Waals surface area contributed by atoms with Crippen LogP contribution in [0.5, 0.6) is 0 Å². The number of anilines is 2. The van der Waals surface area contributed by atoms with Gasteiger partial charge in [0, 0.05) is 0 Å².